The Labute approximate surface area is 138 Å². The van der Waals surface area contributed by atoms with Gasteiger partial charge in [0.1, 0.15) is 5.75 Å². The summed E-state index contributed by atoms with van der Waals surface area (Å²) < 4.78 is 5.18. The molecule has 0 aromatic heterocycles. The molecule has 1 aliphatic rings. The molecule has 0 spiro atoms. The van der Waals surface area contributed by atoms with Crippen LogP contribution < -0.4 is 10.1 Å². The normalized spacial score (nSPS) is 17.4. The van der Waals surface area contributed by atoms with Crippen molar-refractivity contribution in [3.63, 3.8) is 0 Å². The van der Waals surface area contributed by atoms with Gasteiger partial charge in [0, 0.05) is 12.6 Å². The summed E-state index contributed by atoms with van der Waals surface area (Å²) in [6.45, 7) is 5.17. The zero-order valence-electron chi connectivity index (χ0n) is 14.2. The fourth-order valence-electron chi connectivity index (χ4n) is 3.14. The molecule has 1 aromatic carbocycles. The first kappa shape index (κ1) is 17.3. The number of nitrogens with zero attached hydrogens (tertiary/aromatic N) is 1. The Morgan fingerprint density at radius 3 is 2.78 bits per heavy atom. The number of likely N-dealkylation sites (tertiary alicyclic amines) is 1. The summed E-state index contributed by atoms with van der Waals surface area (Å²) in [5, 5.41) is 2.71. The van der Waals surface area contributed by atoms with Crippen molar-refractivity contribution < 1.29 is 14.3 Å². The number of ether oxygens (including phenoxy) is 1. The first-order chi connectivity index (χ1) is 11.0. The average Bonchev–Trinajstić information content (AvgIpc) is 2.99. The van der Waals surface area contributed by atoms with Crippen LogP contribution in [0.4, 0.5) is 0 Å². The van der Waals surface area contributed by atoms with E-state index in [1.165, 1.54) is 7.11 Å². The number of para-hydroxylation sites is 1. The molecule has 5 nitrogen and oxygen atoms in total. The molecule has 2 amide bonds. The van der Waals surface area contributed by atoms with Crippen LogP contribution in [-0.2, 0) is 4.79 Å². The molecule has 1 N–H and O–H groups in total. The van der Waals surface area contributed by atoms with Crippen molar-refractivity contribution in [1.82, 2.24) is 10.2 Å². The molecule has 2 rings (SSSR count). The maximum Gasteiger partial charge on any atom is 0.255 e. The second-order valence-electron chi connectivity index (χ2n) is 6.40. The Hall–Kier alpha value is -2.04. The van der Waals surface area contributed by atoms with Gasteiger partial charge in [-0.1, -0.05) is 26.0 Å². The zero-order valence-corrected chi connectivity index (χ0v) is 14.2. The lowest BCUT2D eigenvalue weighted by Crippen LogP contribution is -2.43. The van der Waals surface area contributed by atoms with Gasteiger partial charge in [0.25, 0.3) is 5.91 Å². The molecule has 1 atom stereocenters. The quantitative estimate of drug-likeness (QED) is 0.876. The van der Waals surface area contributed by atoms with Crippen LogP contribution in [0.2, 0.25) is 0 Å². The average molecular weight is 318 g/mol. The Balaban J connectivity index is 1.92. The Kier molecular flexibility index (Phi) is 6.02. The Bertz CT molecular complexity index is 557. The van der Waals surface area contributed by atoms with E-state index in [1.54, 1.807) is 18.2 Å². The summed E-state index contributed by atoms with van der Waals surface area (Å²) in [5.41, 5.74) is 0.447. The fraction of sp³-hybridized carbons (Fsp3) is 0.556. The molecule has 1 unspecified atom stereocenters. The predicted molar refractivity (Wildman–Crippen MR) is 89.5 cm³/mol. The molecule has 0 saturated carbocycles. The lowest BCUT2D eigenvalue weighted by molar-refractivity contribution is -0.131. The standard InChI is InChI=1S/C18H26N2O3/c1-13(2)11-14-7-6-10-20(14)17(21)12-19-18(22)15-8-4-5-9-16(15)23-3/h4-5,8-9,13-14H,6-7,10-12H2,1-3H3,(H,19,22). The molecule has 1 fully saturated rings. The van der Waals surface area contributed by atoms with Crippen LogP contribution in [0.5, 0.6) is 5.75 Å². The van der Waals surface area contributed by atoms with Crippen LogP contribution in [0, 0.1) is 5.92 Å². The topological polar surface area (TPSA) is 58.6 Å². The van der Waals surface area contributed by atoms with E-state index in [4.69, 9.17) is 4.74 Å². The zero-order chi connectivity index (χ0) is 16.8. The lowest BCUT2D eigenvalue weighted by atomic mass is 10.0. The highest BCUT2D eigenvalue weighted by atomic mass is 16.5. The van der Waals surface area contributed by atoms with Gasteiger partial charge in [-0.15, -0.1) is 0 Å². The first-order valence-corrected chi connectivity index (χ1v) is 8.23. The minimum atomic E-state index is -0.282. The summed E-state index contributed by atoms with van der Waals surface area (Å²) in [4.78, 5) is 26.6. The van der Waals surface area contributed by atoms with E-state index in [2.05, 4.69) is 19.2 Å². The molecule has 126 valence electrons. The largest absolute Gasteiger partial charge is 0.496 e. The van der Waals surface area contributed by atoms with Gasteiger partial charge >= 0.3 is 0 Å². The smallest absolute Gasteiger partial charge is 0.255 e. The molecule has 1 saturated heterocycles. The second-order valence-corrected chi connectivity index (χ2v) is 6.40. The van der Waals surface area contributed by atoms with Gasteiger partial charge in [0.15, 0.2) is 0 Å². The van der Waals surface area contributed by atoms with Crippen molar-refractivity contribution in [2.45, 2.75) is 39.2 Å². The van der Waals surface area contributed by atoms with Gasteiger partial charge in [-0.25, -0.2) is 0 Å². The fourth-order valence-corrected chi connectivity index (χ4v) is 3.14. The van der Waals surface area contributed by atoms with Gasteiger partial charge in [-0.3, -0.25) is 9.59 Å². The van der Waals surface area contributed by atoms with Crippen molar-refractivity contribution in [3.05, 3.63) is 29.8 Å². The molecular formula is C18H26N2O3. The maximum absolute atomic E-state index is 12.4. The van der Waals surface area contributed by atoms with Crippen molar-refractivity contribution >= 4 is 11.8 Å². The van der Waals surface area contributed by atoms with E-state index in [9.17, 15) is 9.59 Å². The molecule has 1 heterocycles. The summed E-state index contributed by atoms with van der Waals surface area (Å²) in [5.74, 6) is 0.791. The monoisotopic (exact) mass is 318 g/mol. The van der Waals surface area contributed by atoms with Gasteiger partial charge in [-0.05, 0) is 37.3 Å². The van der Waals surface area contributed by atoms with Crippen molar-refractivity contribution in [2.75, 3.05) is 20.2 Å². The molecule has 0 aliphatic carbocycles. The Morgan fingerprint density at radius 2 is 2.09 bits per heavy atom. The SMILES string of the molecule is COc1ccccc1C(=O)NCC(=O)N1CCCC1CC(C)C. The first-order valence-electron chi connectivity index (χ1n) is 8.23. The third kappa shape index (κ3) is 4.47. The minimum absolute atomic E-state index is 0.00334. The molecule has 0 bridgehead atoms. The second kappa shape index (κ2) is 7.99. The number of nitrogens with one attached hydrogen (secondary N) is 1. The Morgan fingerprint density at radius 1 is 1.35 bits per heavy atom. The lowest BCUT2D eigenvalue weighted by Gasteiger charge is -2.26. The van der Waals surface area contributed by atoms with Crippen LogP contribution in [0.3, 0.4) is 0 Å². The highest BCUT2D eigenvalue weighted by Crippen LogP contribution is 2.23. The van der Waals surface area contributed by atoms with E-state index in [1.807, 2.05) is 11.0 Å². The van der Waals surface area contributed by atoms with E-state index in [-0.39, 0.29) is 18.4 Å². The molecule has 0 radical (unpaired) electrons. The number of amides is 2. The van der Waals surface area contributed by atoms with Crippen molar-refractivity contribution in [2.24, 2.45) is 5.92 Å². The van der Waals surface area contributed by atoms with Gasteiger partial charge in [0.2, 0.25) is 5.91 Å². The number of methoxy groups -OCH3 is 1. The summed E-state index contributed by atoms with van der Waals surface area (Å²) in [6, 6.07) is 7.32. The third-order valence-electron chi connectivity index (χ3n) is 4.19. The number of benzene rings is 1. The number of hydrogen-bond donors (Lipinski definition) is 1. The van der Waals surface area contributed by atoms with Crippen molar-refractivity contribution in [1.29, 1.82) is 0 Å². The summed E-state index contributed by atoms with van der Waals surface area (Å²) >= 11 is 0. The van der Waals surface area contributed by atoms with E-state index >= 15 is 0 Å². The predicted octanol–water partition coefficient (Wildman–Crippen LogP) is 2.46. The highest BCUT2D eigenvalue weighted by molar-refractivity contribution is 5.98. The third-order valence-corrected chi connectivity index (χ3v) is 4.19. The maximum atomic E-state index is 12.4. The molecule has 5 heteroatoms. The highest BCUT2D eigenvalue weighted by Gasteiger charge is 2.29. The summed E-state index contributed by atoms with van der Waals surface area (Å²) in [6.07, 6.45) is 3.13. The van der Waals surface area contributed by atoms with Crippen LogP contribution in [0.25, 0.3) is 0 Å². The van der Waals surface area contributed by atoms with Gasteiger partial charge in [-0.2, -0.15) is 0 Å². The number of hydrogen-bond acceptors (Lipinski definition) is 3. The van der Waals surface area contributed by atoms with Gasteiger partial charge < -0.3 is 15.0 Å². The number of rotatable bonds is 6. The molecule has 23 heavy (non-hydrogen) atoms. The van der Waals surface area contributed by atoms with Crippen LogP contribution in [0.15, 0.2) is 24.3 Å². The van der Waals surface area contributed by atoms with E-state index in [0.717, 1.165) is 25.8 Å². The number of carbonyl (C=O) groups is 2. The number of carbonyl (C=O) groups excluding carboxylic acids is 2. The van der Waals surface area contributed by atoms with Crippen molar-refractivity contribution in [3.8, 4) is 5.75 Å². The summed E-state index contributed by atoms with van der Waals surface area (Å²) in [7, 11) is 1.53. The molecule has 1 aliphatic heterocycles. The van der Waals surface area contributed by atoms with Crippen LogP contribution in [0.1, 0.15) is 43.5 Å². The molecule has 1 aromatic rings. The van der Waals surface area contributed by atoms with Gasteiger partial charge in [0.05, 0.1) is 19.2 Å². The minimum Gasteiger partial charge on any atom is -0.496 e. The van der Waals surface area contributed by atoms with Crippen LogP contribution in [-0.4, -0.2) is 43.0 Å². The molecular weight excluding hydrogens is 292 g/mol. The van der Waals surface area contributed by atoms with E-state index in [0.29, 0.717) is 23.3 Å². The van der Waals surface area contributed by atoms with Crippen LogP contribution >= 0.6 is 0 Å². The van der Waals surface area contributed by atoms with E-state index < -0.39 is 0 Å².